The average Bonchev–Trinajstić information content (AvgIpc) is 3.28. The van der Waals surface area contributed by atoms with Crippen molar-refractivity contribution in [3.63, 3.8) is 0 Å². The van der Waals surface area contributed by atoms with Crippen LogP contribution in [0.25, 0.3) is 0 Å². The second kappa shape index (κ2) is 8.20. The van der Waals surface area contributed by atoms with Crippen molar-refractivity contribution in [2.75, 3.05) is 26.3 Å². The summed E-state index contributed by atoms with van der Waals surface area (Å²) in [5.41, 5.74) is 1.07. The molecule has 0 atom stereocenters. The van der Waals surface area contributed by atoms with E-state index in [2.05, 4.69) is 0 Å². The lowest BCUT2D eigenvalue weighted by molar-refractivity contribution is -0.0956. The number of hydrogen-bond donors (Lipinski definition) is 0. The summed E-state index contributed by atoms with van der Waals surface area (Å²) >= 11 is 0. The Kier molecular flexibility index (Phi) is 5.50. The van der Waals surface area contributed by atoms with Crippen LogP contribution in [0.15, 0.2) is 48.5 Å². The molecule has 2 heterocycles. The van der Waals surface area contributed by atoms with Crippen molar-refractivity contribution in [2.24, 2.45) is 5.92 Å². The van der Waals surface area contributed by atoms with Crippen LogP contribution in [-0.4, -0.2) is 49.2 Å². The Bertz CT molecular complexity index is 853. The molecule has 0 bridgehead atoms. The van der Waals surface area contributed by atoms with E-state index in [1.807, 2.05) is 0 Å². The SMILES string of the molecule is O=C(c1ccc(F)cc1)c1ccccc1C(=O)N1CCC(C2OCCO2)CC1. The molecular formula is C22H22FNO4. The molecule has 2 fully saturated rings. The molecule has 0 radical (unpaired) electrons. The second-order valence-electron chi connectivity index (χ2n) is 7.12. The first-order valence-corrected chi connectivity index (χ1v) is 9.55. The van der Waals surface area contributed by atoms with Gasteiger partial charge in [-0.2, -0.15) is 0 Å². The molecule has 2 aliphatic rings. The molecule has 2 aromatic carbocycles. The van der Waals surface area contributed by atoms with E-state index in [4.69, 9.17) is 9.47 Å². The molecule has 0 saturated carbocycles. The summed E-state index contributed by atoms with van der Waals surface area (Å²) in [7, 11) is 0. The van der Waals surface area contributed by atoms with Gasteiger partial charge in [0.15, 0.2) is 12.1 Å². The van der Waals surface area contributed by atoms with Gasteiger partial charge in [0, 0.05) is 30.1 Å². The molecule has 5 nitrogen and oxygen atoms in total. The molecule has 0 aliphatic carbocycles. The Morgan fingerprint density at radius 1 is 0.893 bits per heavy atom. The standard InChI is InChI=1S/C22H22FNO4/c23-17-7-5-15(6-8-17)20(25)18-3-1-2-4-19(18)21(26)24-11-9-16(10-12-24)22-27-13-14-28-22/h1-8,16,22H,9-14H2. The molecule has 2 aliphatic heterocycles. The summed E-state index contributed by atoms with van der Waals surface area (Å²) in [6, 6.07) is 12.2. The van der Waals surface area contributed by atoms with Gasteiger partial charge in [-0.15, -0.1) is 0 Å². The van der Waals surface area contributed by atoms with Crippen LogP contribution in [0.1, 0.15) is 39.1 Å². The molecule has 6 heteroatoms. The lowest BCUT2D eigenvalue weighted by Gasteiger charge is -2.34. The number of halogens is 1. The zero-order valence-electron chi connectivity index (χ0n) is 15.5. The number of hydrogen-bond acceptors (Lipinski definition) is 4. The number of benzene rings is 2. The van der Waals surface area contributed by atoms with Crippen molar-refractivity contribution in [1.29, 1.82) is 0 Å². The van der Waals surface area contributed by atoms with Crippen LogP contribution >= 0.6 is 0 Å². The molecule has 0 N–H and O–H groups in total. The molecule has 4 rings (SSSR count). The third kappa shape index (κ3) is 3.84. The number of carbonyl (C=O) groups excluding carboxylic acids is 2. The van der Waals surface area contributed by atoms with Gasteiger partial charge in [-0.25, -0.2) is 4.39 Å². The van der Waals surface area contributed by atoms with Crippen LogP contribution in [0.4, 0.5) is 4.39 Å². The number of carbonyl (C=O) groups is 2. The molecule has 146 valence electrons. The smallest absolute Gasteiger partial charge is 0.254 e. The van der Waals surface area contributed by atoms with Crippen LogP contribution < -0.4 is 0 Å². The maximum atomic E-state index is 13.2. The predicted octanol–water partition coefficient (Wildman–Crippen LogP) is 3.28. The van der Waals surface area contributed by atoms with Crippen LogP contribution in [0.2, 0.25) is 0 Å². The van der Waals surface area contributed by atoms with Crippen LogP contribution in [0.3, 0.4) is 0 Å². The highest BCUT2D eigenvalue weighted by atomic mass is 19.1. The van der Waals surface area contributed by atoms with Gasteiger partial charge in [0.1, 0.15) is 5.82 Å². The van der Waals surface area contributed by atoms with Crippen LogP contribution in [0, 0.1) is 11.7 Å². The van der Waals surface area contributed by atoms with Crippen molar-refractivity contribution in [3.05, 3.63) is 71.0 Å². The topological polar surface area (TPSA) is 55.8 Å². The molecule has 2 aromatic rings. The van der Waals surface area contributed by atoms with Gasteiger partial charge in [0.05, 0.1) is 18.8 Å². The fourth-order valence-electron chi connectivity index (χ4n) is 3.82. The molecule has 2 saturated heterocycles. The highest BCUT2D eigenvalue weighted by molar-refractivity contribution is 6.15. The van der Waals surface area contributed by atoms with Crippen molar-refractivity contribution in [2.45, 2.75) is 19.1 Å². The van der Waals surface area contributed by atoms with Gasteiger partial charge < -0.3 is 14.4 Å². The van der Waals surface area contributed by atoms with E-state index in [0.29, 0.717) is 48.9 Å². The largest absolute Gasteiger partial charge is 0.350 e. The number of amides is 1. The number of rotatable bonds is 4. The molecule has 0 aromatic heterocycles. The minimum atomic E-state index is -0.404. The molecule has 0 spiro atoms. The third-order valence-electron chi connectivity index (χ3n) is 5.37. The minimum Gasteiger partial charge on any atom is -0.350 e. The number of ketones is 1. The Balaban J connectivity index is 1.49. The van der Waals surface area contributed by atoms with Crippen LogP contribution in [0.5, 0.6) is 0 Å². The van der Waals surface area contributed by atoms with E-state index in [0.717, 1.165) is 12.8 Å². The minimum absolute atomic E-state index is 0.155. The Hall–Kier alpha value is -2.57. The van der Waals surface area contributed by atoms with Gasteiger partial charge in [0.2, 0.25) is 0 Å². The maximum absolute atomic E-state index is 13.2. The highest BCUT2D eigenvalue weighted by Gasteiger charge is 2.32. The van der Waals surface area contributed by atoms with Gasteiger partial charge >= 0.3 is 0 Å². The average molecular weight is 383 g/mol. The van der Waals surface area contributed by atoms with Crippen molar-refractivity contribution < 1.29 is 23.5 Å². The van der Waals surface area contributed by atoms with Gasteiger partial charge in [-0.1, -0.05) is 18.2 Å². The van der Waals surface area contributed by atoms with E-state index in [9.17, 15) is 14.0 Å². The fraction of sp³-hybridized carbons (Fsp3) is 0.364. The summed E-state index contributed by atoms with van der Waals surface area (Å²) in [6.45, 7) is 2.46. The summed E-state index contributed by atoms with van der Waals surface area (Å²) in [4.78, 5) is 27.7. The first-order valence-electron chi connectivity index (χ1n) is 9.55. The van der Waals surface area contributed by atoms with E-state index in [-0.39, 0.29) is 18.0 Å². The van der Waals surface area contributed by atoms with Crippen molar-refractivity contribution in [1.82, 2.24) is 4.90 Å². The number of likely N-dealkylation sites (tertiary alicyclic amines) is 1. The molecule has 0 unspecified atom stereocenters. The number of piperidine rings is 1. The number of ether oxygens (including phenoxy) is 2. The quantitative estimate of drug-likeness (QED) is 0.761. The Morgan fingerprint density at radius 3 is 2.14 bits per heavy atom. The molecule has 1 amide bonds. The Labute approximate surface area is 163 Å². The number of nitrogens with zero attached hydrogens (tertiary/aromatic N) is 1. The summed E-state index contributed by atoms with van der Waals surface area (Å²) in [6.07, 6.45) is 1.46. The normalized spacial score (nSPS) is 18.4. The fourth-order valence-corrected chi connectivity index (χ4v) is 3.82. The summed E-state index contributed by atoms with van der Waals surface area (Å²) in [5.74, 6) is -0.550. The van der Waals surface area contributed by atoms with E-state index >= 15 is 0 Å². The predicted molar refractivity (Wildman–Crippen MR) is 101 cm³/mol. The molecule has 28 heavy (non-hydrogen) atoms. The zero-order chi connectivity index (χ0) is 19.5. The lowest BCUT2D eigenvalue weighted by Crippen LogP contribution is -2.41. The molecular weight excluding hydrogens is 361 g/mol. The van der Waals surface area contributed by atoms with Gasteiger partial charge in [0.25, 0.3) is 5.91 Å². The lowest BCUT2D eigenvalue weighted by atomic mass is 9.94. The first-order chi connectivity index (χ1) is 13.6. The van der Waals surface area contributed by atoms with E-state index in [1.54, 1.807) is 29.2 Å². The summed E-state index contributed by atoms with van der Waals surface area (Å²) < 4.78 is 24.3. The third-order valence-corrected chi connectivity index (χ3v) is 5.37. The van der Waals surface area contributed by atoms with Crippen LogP contribution in [-0.2, 0) is 9.47 Å². The van der Waals surface area contributed by atoms with E-state index in [1.165, 1.54) is 24.3 Å². The van der Waals surface area contributed by atoms with Gasteiger partial charge in [-0.05, 0) is 43.2 Å². The van der Waals surface area contributed by atoms with Crippen molar-refractivity contribution in [3.8, 4) is 0 Å². The Morgan fingerprint density at radius 2 is 1.50 bits per heavy atom. The maximum Gasteiger partial charge on any atom is 0.254 e. The first kappa shape index (κ1) is 18.8. The van der Waals surface area contributed by atoms with Crippen molar-refractivity contribution >= 4 is 11.7 Å². The van der Waals surface area contributed by atoms with E-state index < -0.39 is 5.82 Å². The summed E-state index contributed by atoms with van der Waals surface area (Å²) in [5, 5.41) is 0. The second-order valence-corrected chi connectivity index (χ2v) is 7.12. The zero-order valence-corrected chi connectivity index (χ0v) is 15.5. The van der Waals surface area contributed by atoms with Gasteiger partial charge in [-0.3, -0.25) is 9.59 Å². The monoisotopic (exact) mass is 383 g/mol. The highest BCUT2D eigenvalue weighted by Crippen LogP contribution is 2.27.